The molecule has 0 fully saturated rings. The standard InChI is InChI=1S/C12H17NO2/c1-9-4-6-10(7-5-9)11(13-2)8-12(14)15-3/h4-7,11,13H,8H2,1-3H3. The summed E-state index contributed by atoms with van der Waals surface area (Å²) in [5.41, 5.74) is 2.32. The molecule has 3 heteroatoms. The molecule has 0 heterocycles. The lowest BCUT2D eigenvalue weighted by atomic mass is 10.0. The number of carbonyl (C=O) groups is 1. The van der Waals surface area contributed by atoms with Gasteiger partial charge < -0.3 is 10.1 Å². The summed E-state index contributed by atoms with van der Waals surface area (Å²) < 4.78 is 4.65. The Hall–Kier alpha value is -1.35. The van der Waals surface area contributed by atoms with Crippen molar-refractivity contribution in [3.63, 3.8) is 0 Å². The maximum absolute atomic E-state index is 11.2. The van der Waals surface area contributed by atoms with Gasteiger partial charge in [0.25, 0.3) is 0 Å². The van der Waals surface area contributed by atoms with Gasteiger partial charge in [-0.3, -0.25) is 4.79 Å². The molecule has 0 amide bonds. The Bertz CT molecular complexity index is 319. The summed E-state index contributed by atoms with van der Waals surface area (Å²) in [4.78, 5) is 11.2. The second-order valence-corrected chi connectivity index (χ2v) is 3.53. The lowest BCUT2D eigenvalue weighted by Crippen LogP contribution is -2.20. The van der Waals surface area contributed by atoms with E-state index in [1.165, 1.54) is 12.7 Å². The van der Waals surface area contributed by atoms with E-state index in [0.29, 0.717) is 6.42 Å². The van der Waals surface area contributed by atoms with Gasteiger partial charge in [-0.15, -0.1) is 0 Å². The highest BCUT2D eigenvalue weighted by Crippen LogP contribution is 2.17. The molecule has 0 radical (unpaired) electrons. The van der Waals surface area contributed by atoms with Crippen LogP contribution in [0.1, 0.15) is 23.6 Å². The largest absolute Gasteiger partial charge is 0.469 e. The van der Waals surface area contributed by atoms with Gasteiger partial charge in [0.2, 0.25) is 0 Å². The summed E-state index contributed by atoms with van der Waals surface area (Å²) in [5.74, 6) is -0.199. The Morgan fingerprint density at radius 2 is 2.00 bits per heavy atom. The van der Waals surface area contributed by atoms with E-state index in [2.05, 4.69) is 10.1 Å². The van der Waals surface area contributed by atoms with Crippen LogP contribution in [0.15, 0.2) is 24.3 Å². The quantitative estimate of drug-likeness (QED) is 0.765. The van der Waals surface area contributed by atoms with Crippen LogP contribution in [0.25, 0.3) is 0 Å². The number of methoxy groups -OCH3 is 1. The molecule has 0 saturated carbocycles. The van der Waals surface area contributed by atoms with E-state index in [0.717, 1.165) is 5.56 Å². The maximum Gasteiger partial charge on any atom is 0.307 e. The number of esters is 1. The van der Waals surface area contributed by atoms with Crippen LogP contribution in [0.2, 0.25) is 0 Å². The first-order chi connectivity index (χ1) is 7.17. The summed E-state index contributed by atoms with van der Waals surface area (Å²) in [6.45, 7) is 2.04. The zero-order chi connectivity index (χ0) is 11.3. The molecule has 0 aliphatic rings. The average Bonchev–Trinajstić information content (AvgIpc) is 2.27. The van der Waals surface area contributed by atoms with E-state index < -0.39 is 0 Å². The van der Waals surface area contributed by atoms with Gasteiger partial charge in [0.05, 0.1) is 13.5 Å². The van der Waals surface area contributed by atoms with Crippen LogP contribution in [-0.2, 0) is 9.53 Å². The number of hydrogen-bond donors (Lipinski definition) is 1. The second-order valence-electron chi connectivity index (χ2n) is 3.53. The highest BCUT2D eigenvalue weighted by molar-refractivity contribution is 5.70. The van der Waals surface area contributed by atoms with E-state index in [-0.39, 0.29) is 12.0 Å². The van der Waals surface area contributed by atoms with Gasteiger partial charge in [-0.1, -0.05) is 29.8 Å². The zero-order valence-electron chi connectivity index (χ0n) is 9.41. The summed E-state index contributed by atoms with van der Waals surface area (Å²) in [5, 5.41) is 3.10. The minimum Gasteiger partial charge on any atom is -0.469 e. The second kappa shape index (κ2) is 5.51. The van der Waals surface area contributed by atoms with E-state index in [4.69, 9.17) is 0 Å². The first-order valence-electron chi connectivity index (χ1n) is 4.98. The van der Waals surface area contributed by atoms with Gasteiger partial charge in [0.15, 0.2) is 0 Å². The average molecular weight is 207 g/mol. The fourth-order valence-corrected chi connectivity index (χ4v) is 1.44. The Labute approximate surface area is 90.4 Å². The Morgan fingerprint density at radius 1 is 1.40 bits per heavy atom. The molecule has 1 unspecified atom stereocenters. The van der Waals surface area contributed by atoms with Gasteiger partial charge in [-0.05, 0) is 19.5 Å². The molecule has 3 nitrogen and oxygen atoms in total. The summed E-state index contributed by atoms with van der Waals surface area (Å²) in [6.07, 6.45) is 0.357. The predicted molar refractivity (Wildman–Crippen MR) is 59.6 cm³/mol. The lowest BCUT2D eigenvalue weighted by Gasteiger charge is -2.15. The monoisotopic (exact) mass is 207 g/mol. The van der Waals surface area contributed by atoms with E-state index in [1.807, 2.05) is 38.2 Å². The first-order valence-corrected chi connectivity index (χ1v) is 4.98. The Morgan fingerprint density at radius 3 is 2.47 bits per heavy atom. The van der Waals surface area contributed by atoms with Crippen LogP contribution in [0.5, 0.6) is 0 Å². The molecule has 0 aliphatic carbocycles. The summed E-state index contributed by atoms with van der Waals surface area (Å²) in [6, 6.07) is 8.16. The summed E-state index contributed by atoms with van der Waals surface area (Å²) in [7, 11) is 3.25. The van der Waals surface area contributed by atoms with Gasteiger partial charge in [-0.2, -0.15) is 0 Å². The number of benzene rings is 1. The predicted octanol–water partition coefficient (Wildman–Crippen LogP) is 1.82. The lowest BCUT2D eigenvalue weighted by molar-refractivity contribution is -0.141. The third-order valence-electron chi connectivity index (χ3n) is 2.43. The van der Waals surface area contributed by atoms with Gasteiger partial charge in [0, 0.05) is 6.04 Å². The molecule has 0 aromatic heterocycles. The molecule has 15 heavy (non-hydrogen) atoms. The Balaban J connectivity index is 2.74. The molecule has 1 N–H and O–H groups in total. The number of aryl methyl sites for hydroxylation is 1. The van der Waals surface area contributed by atoms with E-state index in [1.54, 1.807) is 0 Å². The van der Waals surface area contributed by atoms with Crippen molar-refractivity contribution in [2.24, 2.45) is 0 Å². The number of nitrogens with one attached hydrogen (secondary N) is 1. The van der Waals surface area contributed by atoms with Crippen molar-refractivity contribution < 1.29 is 9.53 Å². The van der Waals surface area contributed by atoms with Crippen molar-refractivity contribution in [1.29, 1.82) is 0 Å². The SMILES string of the molecule is CNC(CC(=O)OC)c1ccc(C)cc1. The third-order valence-corrected chi connectivity index (χ3v) is 2.43. The number of rotatable bonds is 4. The molecule has 1 aromatic rings. The molecule has 0 aliphatic heterocycles. The van der Waals surface area contributed by atoms with Crippen LogP contribution >= 0.6 is 0 Å². The van der Waals surface area contributed by atoms with E-state index >= 15 is 0 Å². The molecule has 0 bridgehead atoms. The minimum atomic E-state index is -0.199. The topological polar surface area (TPSA) is 38.3 Å². The zero-order valence-corrected chi connectivity index (χ0v) is 9.41. The fourth-order valence-electron chi connectivity index (χ4n) is 1.44. The fraction of sp³-hybridized carbons (Fsp3) is 0.417. The summed E-state index contributed by atoms with van der Waals surface area (Å²) >= 11 is 0. The van der Waals surface area contributed by atoms with Crippen molar-refractivity contribution in [2.75, 3.05) is 14.2 Å². The molecule has 1 rings (SSSR count). The number of ether oxygens (including phenoxy) is 1. The van der Waals surface area contributed by atoms with Gasteiger partial charge in [0.1, 0.15) is 0 Å². The van der Waals surface area contributed by atoms with Crippen LogP contribution in [-0.4, -0.2) is 20.1 Å². The minimum absolute atomic E-state index is 0.0260. The number of hydrogen-bond acceptors (Lipinski definition) is 3. The van der Waals surface area contributed by atoms with E-state index in [9.17, 15) is 4.79 Å². The first kappa shape index (κ1) is 11.7. The van der Waals surface area contributed by atoms with Gasteiger partial charge in [-0.25, -0.2) is 0 Å². The van der Waals surface area contributed by atoms with Crippen molar-refractivity contribution in [3.05, 3.63) is 35.4 Å². The number of carbonyl (C=O) groups excluding carboxylic acids is 1. The molecule has 0 spiro atoms. The van der Waals surface area contributed by atoms with Crippen molar-refractivity contribution in [1.82, 2.24) is 5.32 Å². The molecule has 1 atom stereocenters. The van der Waals surface area contributed by atoms with Crippen molar-refractivity contribution in [3.8, 4) is 0 Å². The smallest absolute Gasteiger partial charge is 0.307 e. The molecule has 82 valence electrons. The molecule has 0 saturated heterocycles. The van der Waals surface area contributed by atoms with Crippen LogP contribution < -0.4 is 5.32 Å². The van der Waals surface area contributed by atoms with Crippen molar-refractivity contribution >= 4 is 5.97 Å². The molecule has 1 aromatic carbocycles. The van der Waals surface area contributed by atoms with Crippen LogP contribution in [0.4, 0.5) is 0 Å². The van der Waals surface area contributed by atoms with Crippen molar-refractivity contribution in [2.45, 2.75) is 19.4 Å². The molecular weight excluding hydrogens is 190 g/mol. The highest BCUT2D eigenvalue weighted by Gasteiger charge is 2.13. The van der Waals surface area contributed by atoms with Crippen LogP contribution in [0, 0.1) is 6.92 Å². The Kier molecular flexibility index (Phi) is 4.31. The molecular formula is C12H17NO2. The van der Waals surface area contributed by atoms with Gasteiger partial charge >= 0.3 is 5.97 Å². The third kappa shape index (κ3) is 3.36. The normalized spacial score (nSPS) is 12.2. The maximum atomic E-state index is 11.2. The highest BCUT2D eigenvalue weighted by atomic mass is 16.5. The van der Waals surface area contributed by atoms with Crippen LogP contribution in [0.3, 0.4) is 0 Å².